The summed E-state index contributed by atoms with van der Waals surface area (Å²) in [6, 6.07) is 8.65. The van der Waals surface area contributed by atoms with Crippen molar-refractivity contribution in [2.75, 3.05) is 0 Å². The Balaban J connectivity index is 1.78. The van der Waals surface area contributed by atoms with Crippen LogP contribution < -0.4 is 10.8 Å². The van der Waals surface area contributed by atoms with Gasteiger partial charge in [-0.25, -0.2) is 0 Å². The van der Waals surface area contributed by atoms with Gasteiger partial charge in [-0.2, -0.15) is 26.3 Å². The normalized spacial score (nSPS) is 13.0. The Hall–Kier alpha value is -2.69. The molecule has 1 unspecified atom stereocenters. The molecule has 3 aromatic rings. The van der Waals surface area contributed by atoms with Crippen molar-refractivity contribution < 1.29 is 31.1 Å². The molecule has 38 heavy (non-hydrogen) atoms. The van der Waals surface area contributed by atoms with Gasteiger partial charge in [0.25, 0.3) is 5.91 Å². The van der Waals surface area contributed by atoms with Crippen LogP contribution in [0.4, 0.5) is 26.3 Å². The highest BCUT2D eigenvalue weighted by atomic mass is 35.5. The molecule has 0 aliphatic rings. The third-order valence-corrected chi connectivity index (χ3v) is 6.60. The van der Waals surface area contributed by atoms with E-state index in [0.717, 1.165) is 30.5 Å². The van der Waals surface area contributed by atoms with Gasteiger partial charge in [0.15, 0.2) is 0 Å². The first-order valence-electron chi connectivity index (χ1n) is 10.8. The van der Waals surface area contributed by atoms with Crippen LogP contribution in [0.1, 0.15) is 38.7 Å². The Bertz CT molecular complexity index is 1320. The number of allylic oxidation sites excluding steroid dienone is 1. The molecule has 1 amide bonds. The maximum absolute atomic E-state index is 13.8. The molecule has 1 N–H and O–H groups in total. The van der Waals surface area contributed by atoms with Crippen LogP contribution in [0.15, 0.2) is 54.7 Å². The average molecular weight is 593 g/mol. The predicted molar refractivity (Wildman–Crippen MR) is 137 cm³/mol. The third kappa shape index (κ3) is 7.45. The van der Waals surface area contributed by atoms with Crippen molar-refractivity contribution in [1.82, 2.24) is 10.3 Å². The molecule has 13 heteroatoms. The van der Waals surface area contributed by atoms with Crippen LogP contribution in [-0.2, 0) is 12.7 Å². The van der Waals surface area contributed by atoms with Gasteiger partial charge in [-0.05, 0) is 41.0 Å². The lowest BCUT2D eigenvalue weighted by molar-refractivity contribution is -0.141. The van der Waals surface area contributed by atoms with Gasteiger partial charge in [0.05, 0.1) is 21.0 Å². The number of amides is 1. The summed E-state index contributed by atoms with van der Waals surface area (Å²) in [6.07, 6.45) is -6.00. The zero-order valence-corrected chi connectivity index (χ0v) is 21.7. The third-order valence-electron chi connectivity index (χ3n) is 5.40. The van der Waals surface area contributed by atoms with E-state index in [1.54, 1.807) is 14.1 Å². The summed E-state index contributed by atoms with van der Waals surface area (Å²) < 4.78 is 79.4. The summed E-state index contributed by atoms with van der Waals surface area (Å²) in [5.41, 5.74) is 0.179. The number of benzene rings is 2. The Morgan fingerprint density at radius 2 is 1.68 bits per heavy atom. The number of carbonyl (C=O) groups excluding carboxylic acids is 1. The van der Waals surface area contributed by atoms with Gasteiger partial charge in [0, 0.05) is 18.3 Å². The lowest BCUT2D eigenvalue weighted by Crippen LogP contribution is -2.30. The summed E-state index contributed by atoms with van der Waals surface area (Å²) in [5.74, 6) is -2.55. The molecule has 199 valence electrons. The van der Waals surface area contributed by atoms with Crippen molar-refractivity contribution in [2.45, 2.75) is 31.6 Å². The second-order valence-electron chi connectivity index (χ2n) is 8.04. The lowest BCUT2D eigenvalue weighted by Gasteiger charge is -2.18. The Labute approximate surface area is 230 Å². The van der Waals surface area contributed by atoms with E-state index >= 15 is 0 Å². The summed E-state index contributed by atoms with van der Waals surface area (Å²) in [7, 11) is 1.60. The zero-order valence-electron chi connectivity index (χ0n) is 19.4. The number of pyridine rings is 1. The van der Waals surface area contributed by atoms with Gasteiger partial charge < -0.3 is 5.32 Å². The van der Waals surface area contributed by atoms with E-state index in [2.05, 4.69) is 10.3 Å². The molecule has 2 aromatic carbocycles. The fourth-order valence-electron chi connectivity index (χ4n) is 3.48. The first kappa shape index (κ1) is 29.9. The summed E-state index contributed by atoms with van der Waals surface area (Å²) in [6.45, 7) is 1.57. The first-order chi connectivity index (χ1) is 17.7. The van der Waals surface area contributed by atoms with Crippen LogP contribution in [0.3, 0.4) is 0 Å². The highest BCUT2D eigenvalue weighted by Crippen LogP contribution is 2.41. The highest BCUT2D eigenvalue weighted by molar-refractivity contribution is 6.54. The molecule has 1 radical (unpaired) electrons. The molecular formula is C25H17BCl3F6N2O. The minimum Gasteiger partial charge on any atom is -0.348 e. The number of aromatic nitrogens is 1. The fraction of sp³-hybridized carbons (Fsp3) is 0.200. The summed E-state index contributed by atoms with van der Waals surface area (Å²) in [5, 5.41) is 2.33. The quantitative estimate of drug-likeness (QED) is 0.173. The largest absolute Gasteiger partial charge is 0.433 e. The van der Waals surface area contributed by atoms with Crippen LogP contribution in [0, 0.1) is 0 Å². The molecule has 1 heterocycles. The molecule has 0 aliphatic heterocycles. The van der Waals surface area contributed by atoms with Crippen LogP contribution in [0.2, 0.25) is 21.9 Å². The van der Waals surface area contributed by atoms with Gasteiger partial charge in [-0.1, -0.05) is 77.4 Å². The summed E-state index contributed by atoms with van der Waals surface area (Å²) in [4.78, 5) is 16.0. The van der Waals surface area contributed by atoms with Crippen LogP contribution >= 0.6 is 34.8 Å². The number of hydrogen-bond donors (Lipinski definition) is 1. The predicted octanol–water partition coefficient (Wildman–Crippen LogP) is 7.73. The average Bonchev–Trinajstić information content (AvgIpc) is 2.84. The summed E-state index contributed by atoms with van der Waals surface area (Å²) >= 11 is 17.7. The number of alkyl halides is 6. The van der Waals surface area contributed by atoms with Crippen molar-refractivity contribution in [3.63, 3.8) is 0 Å². The molecule has 1 aromatic heterocycles. The number of nitrogens with one attached hydrogen (secondary N) is 1. The van der Waals surface area contributed by atoms with Gasteiger partial charge >= 0.3 is 12.4 Å². The lowest BCUT2D eigenvalue weighted by atomic mass is 9.70. The van der Waals surface area contributed by atoms with E-state index in [4.69, 9.17) is 34.8 Å². The SMILES string of the molecule is C[B]c1cc(/C=C/C(c2cc(Cl)c(Cl)c(Cl)c2)C(F)(F)F)ccc1C(=O)NCc1ccc(C(F)(F)F)nc1. The van der Waals surface area contributed by atoms with E-state index in [1.807, 2.05) is 0 Å². The number of rotatable bonds is 7. The molecule has 0 spiro atoms. The topological polar surface area (TPSA) is 42.0 Å². The minimum absolute atomic E-state index is 0.0476. The molecule has 1 atom stereocenters. The zero-order chi connectivity index (χ0) is 28.3. The number of nitrogens with zero attached hydrogens (tertiary/aromatic N) is 1. The van der Waals surface area contributed by atoms with E-state index in [0.29, 0.717) is 16.6 Å². The van der Waals surface area contributed by atoms with Gasteiger partial charge in [0.1, 0.15) is 13.0 Å². The van der Waals surface area contributed by atoms with Gasteiger partial charge in [-0.15, -0.1) is 0 Å². The van der Waals surface area contributed by atoms with Crippen molar-refractivity contribution in [3.8, 4) is 0 Å². The van der Waals surface area contributed by atoms with E-state index in [-0.39, 0.29) is 32.7 Å². The second-order valence-corrected chi connectivity index (χ2v) is 9.24. The Kier molecular flexibility index (Phi) is 9.44. The molecule has 0 aliphatic carbocycles. The van der Waals surface area contributed by atoms with Crippen molar-refractivity contribution >= 4 is 59.5 Å². The highest BCUT2D eigenvalue weighted by Gasteiger charge is 2.39. The molecular weight excluding hydrogens is 575 g/mol. The molecule has 0 saturated carbocycles. The fourth-order valence-corrected chi connectivity index (χ4v) is 4.09. The van der Waals surface area contributed by atoms with Gasteiger partial charge in [-0.3, -0.25) is 9.78 Å². The second kappa shape index (κ2) is 12.0. The molecule has 0 bridgehead atoms. The molecule has 0 fully saturated rings. The molecule has 3 rings (SSSR count). The first-order valence-corrected chi connectivity index (χ1v) is 12.0. The Morgan fingerprint density at radius 1 is 1.03 bits per heavy atom. The van der Waals surface area contributed by atoms with Crippen LogP contribution in [0.25, 0.3) is 6.08 Å². The number of halogens is 9. The molecule has 0 saturated heterocycles. The van der Waals surface area contributed by atoms with Gasteiger partial charge in [0.2, 0.25) is 0 Å². The van der Waals surface area contributed by atoms with Crippen LogP contribution in [0.5, 0.6) is 0 Å². The Morgan fingerprint density at radius 3 is 2.21 bits per heavy atom. The molecule has 3 nitrogen and oxygen atoms in total. The standard InChI is InChI=1S/C25H17BCl3F6N2O/c1-26-18-8-13(3-6-17(24(30,31)32)15-9-19(27)22(29)20(28)10-15)2-5-16(18)23(38)37-12-14-4-7-21(36-11-14)25(33,34)35/h2-11,17H,12H2,1H3,(H,37,38)/b6-3+. The van der Waals surface area contributed by atoms with E-state index in [9.17, 15) is 31.1 Å². The monoisotopic (exact) mass is 591 g/mol. The van der Waals surface area contributed by atoms with Crippen molar-refractivity contribution in [1.29, 1.82) is 0 Å². The number of hydrogen-bond acceptors (Lipinski definition) is 2. The maximum Gasteiger partial charge on any atom is 0.433 e. The smallest absolute Gasteiger partial charge is 0.348 e. The van der Waals surface area contributed by atoms with Crippen molar-refractivity contribution in [2.24, 2.45) is 0 Å². The number of carbonyl (C=O) groups is 1. The van der Waals surface area contributed by atoms with E-state index < -0.39 is 29.9 Å². The van der Waals surface area contributed by atoms with E-state index in [1.165, 1.54) is 30.3 Å². The maximum atomic E-state index is 13.8. The van der Waals surface area contributed by atoms with Crippen molar-refractivity contribution in [3.05, 3.63) is 97.8 Å². The minimum atomic E-state index is -4.65. The van der Waals surface area contributed by atoms with Crippen LogP contribution in [-0.4, -0.2) is 24.3 Å².